The van der Waals surface area contributed by atoms with Crippen molar-refractivity contribution >= 4 is 11.7 Å². The Morgan fingerprint density at radius 2 is 2.33 bits per heavy atom. The molecule has 2 rings (SSSR count). The van der Waals surface area contributed by atoms with Gasteiger partial charge in [0, 0.05) is 37.5 Å². The van der Waals surface area contributed by atoms with Gasteiger partial charge in [-0.15, -0.1) is 0 Å². The SMILES string of the molecule is CCCNc1cc(C(=O)N2CCCOC(C)C2)cc(C)n1. The molecule has 1 atom stereocenters. The fourth-order valence-corrected chi connectivity index (χ4v) is 2.50. The number of ether oxygens (including phenoxy) is 1. The molecule has 0 aromatic carbocycles. The average Bonchev–Trinajstić information content (AvgIpc) is 2.68. The van der Waals surface area contributed by atoms with E-state index in [2.05, 4.69) is 17.2 Å². The summed E-state index contributed by atoms with van der Waals surface area (Å²) >= 11 is 0. The molecule has 5 nitrogen and oxygen atoms in total. The normalized spacial score (nSPS) is 19.2. The fraction of sp³-hybridized carbons (Fsp3) is 0.625. The van der Waals surface area contributed by atoms with Crippen LogP contribution < -0.4 is 5.32 Å². The van der Waals surface area contributed by atoms with E-state index < -0.39 is 0 Å². The van der Waals surface area contributed by atoms with Gasteiger partial charge in [0.1, 0.15) is 5.82 Å². The number of aromatic nitrogens is 1. The topological polar surface area (TPSA) is 54.5 Å². The van der Waals surface area contributed by atoms with Crippen LogP contribution in [0, 0.1) is 6.92 Å². The molecule has 21 heavy (non-hydrogen) atoms. The molecule has 1 aliphatic rings. The molecule has 1 amide bonds. The maximum Gasteiger partial charge on any atom is 0.254 e. The predicted molar refractivity (Wildman–Crippen MR) is 83.7 cm³/mol. The van der Waals surface area contributed by atoms with Crippen molar-refractivity contribution < 1.29 is 9.53 Å². The second kappa shape index (κ2) is 7.41. The first-order chi connectivity index (χ1) is 10.1. The van der Waals surface area contributed by atoms with E-state index in [1.54, 1.807) is 0 Å². The van der Waals surface area contributed by atoms with E-state index in [0.717, 1.165) is 44.0 Å². The molecule has 1 fully saturated rings. The van der Waals surface area contributed by atoms with Crippen LogP contribution in [-0.2, 0) is 4.74 Å². The summed E-state index contributed by atoms with van der Waals surface area (Å²) in [4.78, 5) is 19.0. The summed E-state index contributed by atoms with van der Waals surface area (Å²) in [6.45, 7) is 9.02. The van der Waals surface area contributed by atoms with E-state index in [9.17, 15) is 4.79 Å². The molecule has 1 aromatic heterocycles. The molecular formula is C16H25N3O2. The smallest absolute Gasteiger partial charge is 0.254 e. The second-order valence-electron chi connectivity index (χ2n) is 5.60. The van der Waals surface area contributed by atoms with Crippen LogP contribution in [0.3, 0.4) is 0 Å². The van der Waals surface area contributed by atoms with Crippen LogP contribution in [0.15, 0.2) is 12.1 Å². The second-order valence-corrected chi connectivity index (χ2v) is 5.60. The van der Waals surface area contributed by atoms with Crippen molar-refractivity contribution in [3.05, 3.63) is 23.4 Å². The molecular weight excluding hydrogens is 266 g/mol. The van der Waals surface area contributed by atoms with Gasteiger partial charge in [-0.05, 0) is 38.8 Å². The van der Waals surface area contributed by atoms with Gasteiger partial charge >= 0.3 is 0 Å². The Morgan fingerprint density at radius 1 is 1.52 bits per heavy atom. The molecule has 1 aliphatic heterocycles. The lowest BCUT2D eigenvalue weighted by Gasteiger charge is -2.22. The maximum absolute atomic E-state index is 12.7. The van der Waals surface area contributed by atoms with Crippen molar-refractivity contribution in [2.45, 2.75) is 39.7 Å². The minimum Gasteiger partial charge on any atom is -0.377 e. The summed E-state index contributed by atoms with van der Waals surface area (Å²) in [7, 11) is 0. The van der Waals surface area contributed by atoms with Gasteiger partial charge in [-0.1, -0.05) is 6.92 Å². The van der Waals surface area contributed by atoms with Crippen molar-refractivity contribution in [1.82, 2.24) is 9.88 Å². The van der Waals surface area contributed by atoms with Crippen molar-refractivity contribution in [3.63, 3.8) is 0 Å². The molecule has 0 spiro atoms. The Morgan fingerprint density at radius 3 is 3.10 bits per heavy atom. The fourth-order valence-electron chi connectivity index (χ4n) is 2.50. The third-order valence-electron chi connectivity index (χ3n) is 3.50. The van der Waals surface area contributed by atoms with Crippen LogP contribution in [0.25, 0.3) is 0 Å². The van der Waals surface area contributed by atoms with Crippen LogP contribution in [0.4, 0.5) is 5.82 Å². The first-order valence-electron chi connectivity index (χ1n) is 7.73. The lowest BCUT2D eigenvalue weighted by molar-refractivity contribution is 0.0562. The lowest BCUT2D eigenvalue weighted by atomic mass is 10.2. The monoisotopic (exact) mass is 291 g/mol. The van der Waals surface area contributed by atoms with Gasteiger partial charge in [0.25, 0.3) is 5.91 Å². The molecule has 0 radical (unpaired) electrons. The number of carbonyl (C=O) groups excluding carboxylic acids is 1. The number of rotatable bonds is 4. The zero-order chi connectivity index (χ0) is 15.2. The van der Waals surface area contributed by atoms with Gasteiger partial charge < -0.3 is 15.0 Å². The Kier molecular flexibility index (Phi) is 5.56. The molecule has 1 unspecified atom stereocenters. The molecule has 1 saturated heterocycles. The summed E-state index contributed by atoms with van der Waals surface area (Å²) in [6, 6.07) is 3.71. The highest BCUT2D eigenvalue weighted by Gasteiger charge is 2.21. The van der Waals surface area contributed by atoms with Gasteiger partial charge in [0.05, 0.1) is 6.10 Å². The van der Waals surface area contributed by atoms with Crippen LogP contribution in [0.2, 0.25) is 0 Å². The van der Waals surface area contributed by atoms with Crippen molar-refractivity contribution in [2.75, 3.05) is 31.6 Å². The van der Waals surface area contributed by atoms with Crippen molar-refractivity contribution in [3.8, 4) is 0 Å². The quantitative estimate of drug-likeness (QED) is 0.926. The van der Waals surface area contributed by atoms with Gasteiger partial charge in [-0.2, -0.15) is 0 Å². The molecule has 0 aliphatic carbocycles. The minimum atomic E-state index is 0.0670. The largest absolute Gasteiger partial charge is 0.377 e. The van der Waals surface area contributed by atoms with Gasteiger partial charge in [-0.25, -0.2) is 4.98 Å². The molecule has 116 valence electrons. The van der Waals surface area contributed by atoms with E-state index >= 15 is 0 Å². The number of aryl methyl sites for hydroxylation is 1. The number of pyridine rings is 1. The number of nitrogens with one attached hydrogen (secondary N) is 1. The highest BCUT2D eigenvalue weighted by molar-refractivity contribution is 5.95. The number of carbonyl (C=O) groups is 1. The lowest BCUT2D eigenvalue weighted by Crippen LogP contribution is -2.36. The molecule has 2 heterocycles. The molecule has 0 bridgehead atoms. The molecule has 1 aromatic rings. The Bertz CT molecular complexity index is 490. The van der Waals surface area contributed by atoms with Crippen LogP contribution in [0.1, 0.15) is 42.7 Å². The summed E-state index contributed by atoms with van der Waals surface area (Å²) in [6.07, 6.45) is 2.01. The standard InChI is InChI=1S/C16H25N3O2/c1-4-6-17-15-10-14(9-12(2)18-15)16(20)19-7-5-8-21-13(3)11-19/h9-10,13H,4-8,11H2,1-3H3,(H,17,18). The number of hydrogen-bond acceptors (Lipinski definition) is 4. The van der Waals surface area contributed by atoms with Gasteiger partial charge in [0.2, 0.25) is 0 Å². The maximum atomic E-state index is 12.7. The number of amides is 1. The van der Waals surface area contributed by atoms with Gasteiger partial charge in [-0.3, -0.25) is 4.79 Å². The van der Waals surface area contributed by atoms with E-state index in [-0.39, 0.29) is 12.0 Å². The Balaban J connectivity index is 2.15. The Hall–Kier alpha value is -1.62. The zero-order valence-corrected chi connectivity index (χ0v) is 13.2. The van der Waals surface area contributed by atoms with Gasteiger partial charge in [0.15, 0.2) is 0 Å². The zero-order valence-electron chi connectivity index (χ0n) is 13.2. The van der Waals surface area contributed by atoms with Crippen LogP contribution in [0.5, 0.6) is 0 Å². The number of anilines is 1. The van der Waals surface area contributed by atoms with Crippen molar-refractivity contribution in [1.29, 1.82) is 0 Å². The van der Waals surface area contributed by atoms with E-state index in [1.165, 1.54) is 0 Å². The van der Waals surface area contributed by atoms with Crippen molar-refractivity contribution in [2.24, 2.45) is 0 Å². The predicted octanol–water partition coefficient (Wildman–Crippen LogP) is 2.46. The van der Waals surface area contributed by atoms with Crippen LogP contribution >= 0.6 is 0 Å². The number of hydrogen-bond donors (Lipinski definition) is 1. The van der Waals surface area contributed by atoms with E-state index in [4.69, 9.17) is 4.74 Å². The highest BCUT2D eigenvalue weighted by atomic mass is 16.5. The third-order valence-corrected chi connectivity index (χ3v) is 3.50. The molecule has 0 saturated carbocycles. The molecule has 1 N–H and O–H groups in total. The summed E-state index contributed by atoms with van der Waals surface area (Å²) < 4.78 is 5.60. The Labute approximate surface area is 126 Å². The minimum absolute atomic E-state index is 0.0670. The summed E-state index contributed by atoms with van der Waals surface area (Å²) in [5.74, 6) is 0.844. The molecule has 5 heteroatoms. The van der Waals surface area contributed by atoms with Crippen LogP contribution in [-0.4, -0.2) is 48.1 Å². The van der Waals surface area contributed by atoms with E-state index in [1.807, 2.05) is 30.9 Å². The first kappa shape index (κ1) is 15.8. The summed E-state index contributed by atoms with van der Waals surface area (Å²) in [5, 5.41) is 3.25. The third kappa shape index (κ3) is 4.43. The highest BCUT2D eigenvalue weighted by Crippen LogP contribution is 2.15. The summed E-state index contributed by atoms with van der Waals surface area (Å²) in [5.41, 5.74) is 1.56. The first-order valence-corrected chi connectivity index (χ1v) is 7.73. The number of nitrogens with zero attached hydrogens (tertiary/aromatic N) is 2. The van der Waals surface area contributed by atoms with E-state index in [0.29, 0.717) is 12.1 Å². The average molecular weight is 291 g/mol.